The maximum atomic E-state index is 13.8. The fourth-order valence-electron chi connectivity index (χ4n) is 3.08. The zero-order valence-electron chi connectivity index (χ0n) is 13.4. The number of amides is 2. The first-order chi connectivity index (χ1) is 12.0. The normalized spacial score (nSPS) is 17.5. The summed E-state index contributed by atoms with van der Waals surface area (Å²) >= 11 is 0. The van der Waals surface area contributed by atoms with Crippen LogP contribution in [0.3, 0.4) is 0 Å². The Morgan fingerprint density at radius 3 is 2.84 bits per heavy atom. The van der Waals surface area contributed by atoms with Crippen LogP contribution in [0, 0.1) is 11.6 Å². The molecule has 2 amide bonds. The van der Waals surface area contributed by atoms with E-state index in [1.54, 1.807) is 17.0 Å². The van der Waals surface area contributed by atoms with Gasteiger partial charge >= 0.3 is 0 Å². The van der Waals surface area contributed by atoms with Crippen LogP contribution < -0.4 is 5.73 Å². The fraction of sp³-hybridized carbons (Fsp3) is 0.375. The highest BCUT2D eigenvalue weighted by molar-refractivity contribution is 5.92. The number of primary amides is 1. The third-order valence-corrected chi connectivity index (χ3v) is 4.16. The number of piperidine rings is 1. The number of nitrogens with zero attached hydrogens (tertiary/aromatic N) is 4. The van der Waals surface area contributed by atoms with E-state index >= 15 is 0 Å². The molecule has 132 valence electrons. The van der Waals surface area contributed by atoms with E-state index < -0.39 is 29.1 Å². The number of carbonyl (C=O) groups excluding carboxylic acids is 2. The molecule has 3 heterocycles. The van der Waals surface area contributed by atoms with Crippen LogP contribution in [0.2, 0.25) is 0 Å². The van der Waals surface area contributed by atoms with E-state index in [9.17, 15) is 18.4 Å². The Labute approximate surface area is 142 Å². The molecule has 0 aromatic carbocycles. The second-order valence-corrected chi connectivity index (χ2v) is 5.95. The van der Waals surface area contributed by atoms with E-state index in [0.717, 1.165) is 12.6 Å². The van der Waals surface area contributed by atoms with Crippen LogP contribution in [-0.4, -0.2) is 44.3 Å². The van der Waals surface area contributed by atoms with Gasteiger partial charge in [-0.05, 0) is 12.8 Å². The minimum Gasteiger partial charge on any atom is -0.368 e. The number of imidazole rings is 1. The molecular formula is C16H17F2N5O2. The van der Waals surface area contributed by atoms with Crippen LogP contribution >= 0.6 is 0 Å². The zero-order chi connectivity index (χ0) is 18.0. The molecule has 0 saturated carbocycles. The lowest BCUT2D eigenvalue weighted by Crippen LogP contribution is -2.40. The molecule has 2 aromatic heterocycles. The number of rotatable bonds is 4. The Morgan fingerprint density at radius 1 is 1.32 bits per heavy atom. The number of aromatic nitrogens is 3. The Bertz CT molecular complexity index is 808. The molecule has 2 aromatic rings. The van der Waals surface area contributed by atoms with Gasteiger partial charge in [0.1, 0.15) is 18.2 Å². The zero-order valence-corrected chi connectivity index (χ0v) is 13.4. The van der Waals surface area contributed by atoms with Crippen molar-refractivity contribution < 1.29 is 18.4 Å². The molecule has 0 aliphatic carbocycles. The molecule has 0 radical (unpaired) electrons. The van der Waals surface area contributed by atoms with E-state index in [1.807, 2.05) is 0 Å². The first kappa shape index (κ1) is 17.0. The van der Waals surface area contributed by atoms with Gasteiger partial charge in [-0.1, -0.05) is 0 Å². The Morgan fingerprint density at radius 2 is 2.12 bits per heavy atom. The minimum absolute atomic E-state index is 0.00786. The van der Waals surface area contributed by atoms with Crippen LogP contribution in [0.4, 0.5) is 8.78 Å². The van der Waals surface area contributed by atoms with Crippen LogP contribution in [0.15, 0.2) is 24.7 Å². The van der Waals surface area contributed by atoms with Gasteiger partial charge in [0.2, 0.25) is 5.91 Å². The molecule has 0 bridgehead atoms. The van der Waals surface area contributed by atoms with E-state index in [1.165, 1.54) is 4.90 Å². The van der Waals surface area contributed by atoms with E-state index in [0.29, 0.717) is 31.4 Å². The van der Waals surface area contributed by atoms with Crippen molar-refractivity contribution >= 4 is 11.8 Å². The van der Waals surface area contributed by atoms with Gasteiger partial charge < -0.3 is 15.2 Å². The molecule has 7 nitrogen and oxygen atoms in total. The maximum Gasteiger partial charge on any atom is 0.275 e. The second-order valence-electron chi connectivity index (χ2n) is 5.95. The summed E-state index contributed by atoms with van der Waals surface area (Å²) in [4.78, 5) is 33.0. The first-order valence-corrected chi connectivity index (χ1v) is 7.85. The average molecular weight is 349 g/mol. The molecule has 1 aliphatic rings. The predicted octanol–water partition coefficient (Wildman–Crippen LogP) is 1.06. The van der Waals surface area contributed by atoms with Gasteiger partial charge in [-0.15, -0.1) is 0 Å². The lowest BCUT2D eigenvalue weighted by Gasteiger charge is -2.32. The number of nitrogens with two attached hydrogens (primary N) is 1. The molecule has 3 rings (SSSR count). The molecule has 25 heavy (non-hydrogen) atoms. The standard InChI is InChI=1S/C16H17F2N5O2/c17-11-6-12(18)14(21-7-11)16(25)23-4-1-2-10(8-23)15-20-3-5-22(15)9-13(19)24/h3,5-7,10H,1-2,4,8-9H2,(H2,19,24)/t10-/m1/s1. The SMILES string of the molecule is NC(=O)Cn1ccnc1[C@@H]1CCCN(C(=O)c2ncc(F)cc2F)C1. The van der Waals surface area contributed by atoms with Gasteiger partial charge in [0.25, 0.3) is 5.91 Å². The summed E-state index contributed by atoms with van der Waals surface area (Å²) in [5, 5.41) is 0. The van der Waals surface area contributed by atoms with Crippen molar-refractivity contribution in [3.8, 4) is 0 Å². The number of hydrogen-bond donors (Lipinski definition) is 1. The average Bonchev–Trinajstić information content (AvgIpc) is 3.02. The molecule has 1 atom stereocenters. The Hall–Kier alpha value is -2.84. The summed E-state index contributed by atoms with van der Waals surface area (Å²) in [6, 6.07) is 0.640. The van der Waals surface area contributed by atoms with Crippen LogP contribution in [-0.2, 0) is 11.3 Å². The molecule has 9 heteroatoms. The van der Waals surface area contributed by atoms with Crippen molar-refractivity contribution in [2.75, 3.05) is 13.1 Å². The summed E-state index contributed by atoms with van der Waals surface area (Å²) in [6.45, 7) is 0.769. The first-order valence-electron chi connectivity index (χ1n) is 7.85. The van der Waals surface area contributed by atoms with Crippen molar-refractivity contribution in [3.05, 3.63) is 47.8 Å². The summed E-state index contributed by atoms with van der Waals surface area (Å²) < 4.78 is 28.4. The minimum atomic E-state index is -0.984. The highest BCUT2D eigenvalue weighted by Gasteiger charge is 2.30. The van der Waals surface area contributed by atoms with Gasteiger partial charge in [-0.3, -0.25) is 9.59 Å². The van der Waals surface area contributed by atoms with Crippen molar-refractivity contribution in [1.29, 1.82) is 0 Å². The Kier molecular flexibility index (Phi) is 4.73. The molecule has 1 saturated heterocycles. The monoisotopic (exact) mass is 349 g/mol. The smallest absolute Gasteiger partial charge is 0.275 e. The van der Waals surface area contributed by atoms with Crippen molar-refractivity contribution in [3.63, 3.8) is 0 Å². The largest absolute Gasteiger partial charge is 0.368 e. The number of halogens is 2. The van der Waals surface area contributed by atoms with E-state index in [2.05, 4.69) is 9.97 Å². The van der Waals surface area contributed by atoms with E-state index in [-0.39, 0.29) is 12.5 Å². The lowest BCUT2D eigenvalue weighted by molar-refractivity contribution is -0.118. The number of likely N-dealkylation sites (tertiary alicyclic amines) is 1. The predicted molar refractivity (Wildman–Crippen MR) is 83.5 cm³/mol. The summed E-state index contributed by atoms with van der Waals surface area (Å²) in [5.74, 6) is -2.34. The van der Waals surface area contributed by atoms with Gasteiger partial charge in [-0.25, -0.2) is 18.7 Å². The topological polar surface area (TPSA) is 94.1 Å². The second kappa shape index (κ2) is 6.96. The highest BCUT2D eigenvalue weighted by Crippen LogP contribution is 2.27. The molecule has 0 spiro atoms. The molecule has 1 fully saturated rings. The molecule has 0 unspecified atom stereocenters. The number of pyridine rings is 1. The lowest BCUT2D eigenvalue weighted by atomic mass is 9.96. The van der Waals surface area contributed by atoms with Gasteiger partial charge in [-0.2, -0.15) is 0 Å². The van der Waals surface area contributed by atoms with Gasteiger partial charge in [0.05, 0.1) is 6.20 Å². The van der Waals surface area contributed by atoms with E-state index in [4.69, 9.17) is 5.73 Å². The number of hydrogen-bond acceptors (Lipinski definition) is 4. The van der Waals surface area contributed by atoms with Crippen LogP contribution in [0.25, 0.3) is 0 Å². The fourth-order valence-corrected chi connectivity index (χ4v) is 3.08. The summed E-state index contributed by atoms with van der Waals surface area (Å²) in [6.07, 6.45) is 5.52. The van der Waals surface area contributed by atoms with Gasteiger partial charge in [0, 0.05) is 37.5 Å². The van der Waals surface area contributed by atoms with Gasteiger partial charge in [0.15, 0.2) is 11.5 Å². The summed E-state index contributed by atoms with van der Waals surface area (Å²) in [7, 11) is 0. The maximum absolute atomic E-state index is 13.8. The molecule has 2 N–H and O–H groups in total. The highest BCUT2D eigenvalue weighted by atomic mass is 19.1. The molecular weight excluding hydrogens is 332 g/mol. The number of carbonyl (C=O) groups is 2. The van der Waals surface area contributed by atoms with Crippen molar-refractivity contribution in [2.24, 2.45) is 5.73 Å². The third kappa shape index (κ3) is 3.65. The van der Waals surface area contributed by atoms with Crippen LogP contribution in [0.1, 0.15) is 35.1 Å². The molecule has 1 aliphatic heterocycles. The summed E-state index contributed by atoms with van der Waals surface area (Å²) in [5.41, 5.74) is 4.83. The quantitative estimate of drug-likeness (QED) is 0.893. The van der Waals surface area contributed by atoms with Crippen LogP contribution in [0.5, 0.6) is 0 Å². The van der Waals surface area contributed by atoms with Crippen molar-refractivity contribution in [2.45, 2.75) is 25.3 Å². The Balaban J connectivity index is 1.78. The van der Waals surface area contributed by atoms with Crippen molar-refractivity contribution in [1.82, 2.24) is 19.4 Å². The third-order valence-electron chi connectivity index (χ3n) is 4.16.